The maximum Gasteiger partial charge on any atom is 0.0583 e. The molecule has 0 saturated carbocycles. The molecule has 3 N–H and O–H groups in total. The molecule has 0 bridgehead atoms. The maximum absolute atomic E-state index is 8.63. The molecule has 3 nitrogen and oxygen atoms in total. The Hall–Kier alpha value is -0.800. The van der Waals surface area contributed by atoms with Crippen LogP contribution >= 0.6 is 0 Å². The standard InChI is InChI=1S/C8H14N2O/c9-8(7-11)3-6-10-4-1-2-5-10/h1-2,4-5,8,11H,3,6-7,9H2/t8-/m0/s1. The lowest BCUT2D eigenvalue weighted by Crippen LogP contribution is -2.25. The van der Waals surface area contributed by atoms with E-state index in [1.807, 2.05) is 24.5 Å². The van der Waals surface area contributed by atoms with Crippen molar-refractivity contribution in [3.05, 3.63) is 24.5 Å². The molecule has 1 aromatic rings. The van der Waals surface area contributed by atoms with Crippen molar-refractivity contribution in [3.63, 3.8) is 0 Å². The predicted octanol–water partition coefficient (Wildman–Crippen LogP) is 0.198. The Morgan fingerprint density at radius 3 is 2.55 bits per heavy atom. The SMILES string of the molecule is N[C@H](CO)CCn1cccc1. The summed E-state index contributed by atoms with van der Waals surface area (Å²) in [5.41, 5.74) is 5.53. The molecule has 0 unspecified atom stereocenters. The fraction of sp³-hybridized carbons (Fsp3) is 0.500. The summed E-state index contributed by atoms with van der Waals surface area (Å²) in [6.45, 7) is 0.954. The van der Waals surface area contributed by atoms with Gasteiger partial charge in [-0.1, -0.05) is 0 Å². The quantitative estimate of drug-likeness (QED) is 0.650. The maximum atomic E-state index is 8.63. The first-order valence-electron chi connectivity index (χ1n) is 3.80. The van der Waals surface area contributed by atoms with Crippen molar-refractivity contribution >= 4 is 0 Å². The van der Waals surface area contributed by atoms with Gasteiger partial charge in [-0.05, 0) is 18.6 Å². The topological polar surface area (TPSA) is 51.2 Å². The van der Waals surface area contributed by atoms with Crippen LogP contribution in [0.15, 0.2) is 24.5 Å². The highest BCUT2D eigenvalue weighted by Crippen LogP contribution is 1.95. The van der Waals surface area contributed by atoms with Crippen LogP contribution in [0.2, 0.25) is 0 Å². The zero-order chi connectivity index (χ0) is 8.10. The van der Waals surface area contributed by atoms with E-state index >= 15 is 0 Å². The number of nitrogens with two attached hydrogens (primary N) is 1. The third kappa shape index (κ3) is 2.74. The summed E-state index contributed by atoms with van der Waals surface area (Å²) in [6.07, 6.45) is 4.80. The Balaban J connectivity index is 2.23. The molecule has 0 aliphatic rings. The molecule has 0 spiro atoms. The molecule has 11 heavy (non-hydrogen) atoms. The van der Waals surface area contributed by atoms with Crippen LogP contribution in [0.4, 0.5) is 0 Å². The Labute approximate surface area is 66.4 Å². The molecule has 62 valence electrons. The molecular weight excluding hydrogens is 140 g/mol. The van der Waals surface area contributed by atoms with Gasteiger partial charge in [-0.15, -0.1) is 0 Å². The lowest BCUT2D eigenvalue weighted by Gasteiger charge is -2.07. The Morgan fingerprint density at radius 2 is 2.00 bits per heavy atom. The first-order valence-corrected chi connectivity index (χ1v) is 3.80. The number of rotatable bonds is 4. The fourth-order valence-corrected chi connectivity index (χ4v) is 0.925. The number of hydrogen-bond donors (Lipinski definition) is 2. The highest BCUT2D eigenvalue weighted by molar-refractivity contribution is 4.90. The van der Waals surface area contributed by atoms with Crippen molar-refractivity contribution in [2.24, 2.45) is 5.73 Å². The van der Waals surface area contributed by atoms with Crippen LogP contribution in [0.25, 0.3) is 0 Å². The van der Waals surface area contributed by atoms with Crippen molar-refractivity contribution in [2.75, 3.05) is 6.61 Å². The van der Waals surface area contributed by atoms with Gasteiger partial charge in [-0.25, -0.2) is 0 Å². The van der Waals surface area contributed by atoms with Gasteiger partial charge in [-0.3, -0.25) is 0 Å². The van der Waals surface area contributed by atoms with E-state index in [4.69, 9.17) is 10.8 Å². The molecule has 0 fully saturated rings. The highest BCUT2D eigenvalue weighted by Gasteiger charge is 1.98. The predicted molar refractivity (Wildman–Crippen MR) is 44.1 cm³/mol. The highest BCUT2D eigenvalue weighted by atomic mass is 16.3. The number of hydrogen-bond acceptors (Lipinski definition) is 2. The zero-order valence-electron chi connectivity index (χ0n) is 6.48. The van der Waals surface area contributed by atoms with Crippen LogP contribution in [-0.2, 0) is 6.54 Å². The van der Waals surface area contributed by atoms with Crippen LogP contribution in [0.3, 0.4) is 0 Å². The number of nitrogens with zero attached hydrogens (tertiary/aromatic N) is 1. The van der Waals surface area contributed by atoms with E-state index in [9.17, 15) is 0 Å². The summed E-state index contributed by atoms with van der Waals surface area (Å²) in [7, 11) is 0. The summed E-state index contributed by atoms with van der Waals surface area (Å²) in [6, 6.07) is 3.87. The average molecular weight is 154 g/mol. The van der Waals surface area contributed by atoms with Crippen LogP contribution in [-0.4, -0.2) is 22.3 Å². The van der Waals surface area contributed by atoms with Crippen molar-refractivity contribution in [3.8, 4) is 0 Å². The van der Waals surface area contributed by atoms with Gasteiger partial charge in [0, 0.05) is 25.0 Å². The van der Waals surface area contributed by atoms with Gasteiger partial charge in [0.2, 0.25) is 0 Å². The second-order valence-electron chi connectivity index (χ2n) is 2.65. The van der Waals surface area contributed by atoms with E-state index < -0.39 is 0 Å². The number of aliphatic hydroxyl groups is 1. The molecule has 0 saturated heterocycles. The van der Waals surface area contributed by atoms with Crippen LogP contribution < -0.4 is 5.73 Å². The lowest BCUT2D eigenvalue weighted by atomic mass is 10.2. The Kier molecular flexibility index (Phi) is 3.14. The summed E-state index contributed by atoms with van der Waals surface area (Å²) < 4.78 is 2.05. The molecule has 1 atom stereocenters. The minimum atomic E-state index is -0.0857. The van der Waals surface area contributed by atoms with E-state index in [1.165, 1.54) is 0 Å². The number of aryl methyl sites for hydroxylation is 1. The van der Waals surface area contributed by atoms with Crippen molar-refractivity contribution in [2.45, 2.75) is 19.0 Å². The summed E-state index contributed by atoms with van der Waals surface area (Å²) in [4.78, 5) is 0. The molecule has 0 aliphatic heterocycles. The van der Waals surface area contributed by atoms with Crippen LogP contribution in [0.5, 0.6) is 0 Å². The van der Waals surface area contributed by atoms with Gasteiger partial charge < -0.3 is 15.4 Å². The van der Waals surface area contributed by atoms with Crippen LogP contribution in [0, 0.1) is 0 Å². The van der Waals surface area contributed by atoms with Crippen molar-refractivity contribution in [1.82, 2.24) is 4.57 Å². The van der Waals surface area contributed by atoms with Crippen molar-refractivity contribution in [1.29, 1.82) is 0 Å². The minimum Gasteiger partial charge on any atom is -0.395 e. The van der Waals surface area contributed by atoms with Crippen molar-refractivity contribution < 1.29 is 5.11 Å². The van der Waals surface area contributed by atoms with E-state index in [2.05, 4.69) is 4.57 Å². The van der Waals surface area contributed by atoms with Gasteiger partial charge in [0.25, 0.3) is 0 Å². The second kappa shape index (κ2) is 4.16. The van der Waals surface area contributed by atoms with Gasteiger partial charge in [0.15, 0.2) is 0 Å². The zero-order valence-corrected chi connectivity index (χ0v) is 6.48. The summed E-state index contributed by atoms with van der Waals surface area (Å²) in [5.74, 6) is 0. The smallest absolute Gasteiger partial charge is 0.0583 e. The lowest BCUT2D eigenvalue weighted by molar-refractivity contribution is 0.256. The van der Waals surface area contributed by atoms with E-state index in [-0.39, 0.29) is 12.6 Å². The molecule has 0 aromatic carbocycles. The fourth-order valence-electron chi connectivity index (χ4n) is 0.925. The van der Waals surface area contributed by atoms with Gasteiger partial charge >= 0.3 is 0 Å². The van der Waals surface area contributed by atoms with Gasteiger partial charge in [0.1, 0.15) is 0 Å². The molecular formula is C8H14N2O. The van der Waals surface area contributed by atoms with Gasteiger partial charge in [-0.2, -0.15) is 0 Å². The normalized spacial score (nSPS) is 13.3. The number of aromatic nitrogens is 1. The molecule has 0 radical (unpaired) electrons. The Bertz CT molecular complexity index is 184. The van der Waals surface area contributed by atoms with Crippen LogP contribution in [0.1, 0.15) is 6.42 Å². The second-order valence-corrected chi connectivity index (χ2v) is 2.65. The first-order chi connectivity index (χ1) is 5.33. The largest absolute Gasteiger partial charge is 0.395 e. The average Bonchev–Trinajstić information content (AvgIpc) is 2.52. The third-order valence-electron chi connectivity index (χ3n) is 1.66. The molecule has 1 aromatic heterocycles. The van der Waals surface area contributed by atoms with E-state index in [0.29, 0.717) is 0 Å². The van der Waals surface area contributed by atoms with E-state index in [0.717, 1.165) is 13.0 Å². The number of aliphatic hydroxyl groups excluding tert-OH is 1. The van der Waals surface area contributed by atoms with Gasteiger partial charge in [0.05, 0.1) is 6.61 Å². The molecule has 3 heteroatoms. The summed E-state index contributed by atoms with van der Waals surface area (Å²) in [5, 5.41) is 8.63. The van der Waals surface area contributed by atoms with E-state index in [1.54, 1.807) is 0 Å². The molecule has 0 aliphatic carbocycles. The third-order valence-corrected chi connectivity index (χ3v) is 1.66. The molecule has 0 amide bonds. The monoisotopic (exact) mass is 154 g/mol. The Morgan fingerprint density at radius 1 is 1.36 bits per heavy atom. The molecule has 1 rings (SSSR count). The summed E-state index contributed by atoms with van der Waals surface area (Å²) >= 11 is 0. The minimum absolute atomic E-state index is 0.0707. The molecule has 1 heterocycles. The first kappa shape index (κ1) is 8.30.